The van der Waals surface area contributed by atoms with Crippen LogP contribution in [-0.2, 0) is 14.4 Å². The molecule has 0 radical (unpaired) electrons. The van der Waals surface area contributed by atoms with Gasteiger partial charge in [-0.05, 0) is 49.6 Å². The minimum atomic E-state index is -0.382. The molecule has 34 heavy (non-hydrogen) atoms. The number of aryl methyl sites for hydroxylation is 1. The molecule has 0 bridgehead atoms. The summed E-state index contributed by atoms with van der Waals surface area (Å²) in [6, 6.07) is 15.2. The Labute approximate surface area is 200 Å². The Hall–Kier alpha value is -3.39. The number of rotatable bonds is 7. The van der Waals surface area contributed by atoms with Crippen LogP contribution >= 0.6 is 0 Å². The van der Waals surface area contributed by atoms with Gasteiger partial charge in [-0.1, -0.05) is 24.3 Å². The molecule has 1 unspecified atom stereocenters. The highest BCUT2D eigenvalue weighted by molar-refractivity contribution is 6.01. The van der Waals surface area contributed by atoms with Gasteiger partial charge in [0.25, 0.3) is 0 Å². The first-order valence-electron chi connectivity index (χ1n) is 11.8. The number of benzene rings is 2. The predicted octanol–water partition coefficient (Wildman–Crippen LogP) is 2.58. The second kappa shape index (κ2) is 10.7. The Kier molecular flexibility index (Phi) is 7.47. The number of piperidine rings is 1. The molecule has 2 aromatic carbocycles. The second-order valence-corrected chi connectivity index (χ2v) is 9.05. The number of likely N-dealkylation sites (tertiary alicyclic amines) is 1. The van der Waals surface area contributed by atoms with Crippen molar-refractivity contribution >= 4 is 29.1 Å². The number of carbonyl (C=O) groups excluding carboxylic acids is 3. The first kappa shape index (κ1) is 23.8. The normalized spacial score (nSPS) is 19.2. The van der Waals surface area contributed by atoms with Gasteiger partial charge in [-0.2, -0.15) is 0 Å². The molecule has 0 aliphatic carbocycles. The maximum absolute atomic E-state index is 12.9. The van der Waals surface area contributed by atoms with Crippen molar-refractivity contribution in [2.24, 2.45) is 5.92 Å². The van der Waals surface area contributed by atoms with E-state index in [0.29, 0.717) is 24.5 Å². The van der Waals surface area contributed by atoms with Crippen LogP contribution in [-0.4, -0.2) is 62.0 Å². The Bertz CT molecular complexity index is 1030. The lowest BCUT2D eigenvalue weighted by Gasteiger charge is -2.32. The van der Waals surface area contributed by atoms with Gasteiger partial charge in [-0.15, -0.1) is 0 Å². The number of para-hydroxylation sites is 1. The number of ether oxygens (including phenoxy) is 1. The Morgan fingerprint density at radius 1 is 1.09 bits per heavy atom. The number of anilines is 2. The number of methoxy groups -OCH3 is 1. The molecule has 2 aromatic rings. The highest BCUT2D eigenvalue weighted by Gasteiger charge is 2.37. The van der Waals surface area contributed by atoms with E-state index in [1.165, 1.54) is 0 Å². The van der Waals surface area contributed by atoms with Gasteiger partial charge in [0.1, 0.15) is 5.75 Å². The van der Waals surface area contributed by atoms with E-state index in [0.717, 1.165) is 37.2 Å². The highest BCUT2D eigenvalue weighted by Crippen LogP contribution is 2.34. The molecule has 2 N–H and O–H groups in total. The lowest BCUT2D eigenvalue weighted by molar-refractivity contribution is -0.127. The van der Waals surface area contributed by atoms with Crippen molar-refractivity contribution in [2.45, 2.75) is 32.2 Å². The van der Waals surface area contributed by atoms with Crippen LogP contribution in [0, 0.1) is 12.8 Å². The first-order chi connectivity index (χ1) is 16.4. The number of amides is 3. The molecule has 2 saturated heterocycles. The van der Waals surface area contributed by atoms with E-state index >= 15 is 0 Å². The van der Waals surface area contributed by atoms with E-state index in [2.05, 4.69) is 15.5 Å². The maximum atomic E-state index is 12.9. The summed E-state index contributed by atoms with van der Waals surface area (Å²) < 4.78 is 5.42. The zero-order valence-electron chi connectivity index (χ0n) is 19.8. The van der Waals surface area contributed by atoms with Crippen molar-refractivity contribution in [3.8, 4) is 5.75 Å². The van der Waals surface area contributed by atoms with E-state index in [9.17, 15) is 14.4 Å². The fourth-order valence-corrected chi connectivity index (χ4v) is 4.61. The molecule has 2 aliphatic rings. The van der Waals surface area contributed by atoms with E-state index in [1.54, 1.807) is 12.0 Å². The van der Waals surface area contributed by atoms with E-state index in [1.807, 2.05) is 55.5 Å². The van der Waals surface area contributed by atoms with Crippen LogP contribution in [0.3, 0.4) is 0 Å². The molecule has 180 valence electrons. The molecule has 3 amide bonds. The van der Waals surface area contributed by atoms with Crippen LogP contribution in [0.2, 0.25) is 0 Å². The summed E-state index contributed by atoms with van der Waals surface area (Å²) in [4.78, 5) is 41.7. The Balaban J connectivity index is 1.25. The topological polar surface area (TPSA) is 91.0 Å². The van der Waals surface area contributed by atoms with Crippen LogP contribution in [0.15, 0.2) is 48.5 Å². The molecule has 8 heteroatoms. The summed E-state index contributed by atoms with van der Waals surface area (Å²) in [6.45, 7) is 4.13. The van der Waals surface area contributed by atoms with Crippen LogP contribution in [0.1, 0.15) is 24.8 Å². The van der Waals surface area contributed by atoms with Crippen molar-refractivity contribution in [1.82, 2.24) is 10.2 Å². The Morgan fingerprint density at radius 3 is 2.53 bits per heavy atom. The van der Waals surface area contributed by atoms with Gasteiger partial charge in [-0.3, -0.25) is 19.3 Å². The molecule has 2 heterocycles. The van der Waals surface area contributed by atoms with Crippen molar-refractivity contribution in [3.05, 3.63) is 54.1 Å². The molecular weight excluding hydrogens is 432 g/mol. The molecule has 1 atom stereocenters. The summed E-state index contributed by atoms with van der Waals surface area (Å²) in [5.41, 5.74) is 2.53. The number of hydrogen-bond donors (Lipinski definition) is 2. The van der Waals surface area contributed by atoms with Gasteiger partial charge in [0.05, 0.1) is 25.3 Å². The number of hydrogen-bond acceptors (Lipinski definition) is 5. The fraction of sp³-hybridized carbons (Fsp3) is 0.423. The monoisotopic (exact) mass is 464 g/mol. The van der Waals surface area contributed by atoms with Gasteiger partial charge in [0.2, 0.25) is 17.7 Å². The lowest BCUT2D eigenvalue weighted by atomic mass is 10.0. The van der Waals surface area contributed by atoms with Crippen molar-refractivity contribution in [3.63, 3.8) is 0 Å². The van der Waals surface area contributed by atoms with E-state index < -0.39 is 0 Å². The van der Waals surface area contributed by atoms with Crippen LogP contribution < -0.4 is 20.3 Å². The zero-order valence-corrected chi connectivity index (χ0v) is 19.8. The van der Waals surface area contributed by atoms with Crippen LogP contribution in [0.4, 0.5) is 11.4 Å². The number of nitrogens with zero attached hydrogens (tertiary/aromatic N) is 2. The van der Waals surface area contributed by atoms with Gasteiger partial charge in [0, 0.05) is 37.8 Å². The van der Waals surface area contributed by atoms with Gasteiger partial charge < -0.3 is 20.3 Å². The van der Waals surface area contributed by atoms with Crippen molar-refractivity contribution in [2.75, 3.05) is 43.5 Å². The third kappa shape index (κ3) is 5.75. The van der Waals surface area contributed by atoms with Gasteiger partial charge >= 0.3 is 0 Å². The average Bonchev–Trinajstić information content (AvgIpc) is 3.22. The summed E-state index contributed by atoms with van der Waals surface area (Å²) in [7, 11) is 1.58. The van der Waals surface area contributed by atoms with E-state index in [4.69, 9.17) is 4.74 Å². The standard InChI is InChI=1S/C26H32N4O4/c1-18-8-9-23(34-2)22(14-18)30-16-19(15-25(30)32)26(33)28-21-10-12-29(13-11-21)17-24(31)27-20-6-4-3-5-7-20/h3-9,14,19,21H,10-13,15-17H2,1-2H3,(H,27,31)(H,28,33). The van der Waals surface area contributed by atoms with E-state index in [-0.39, 0.29) is 36.1 Å². The molecule has 8 nitrogen and oxygen atoms in total. The minimum absolute atomic E-state index is 0.0372. The quantitative estimate of drug-likeness (QED) is 0.657. The summed E-state index contributed by atoms with van der Waals surface area (Å²) in [6.07, 6.45) is 1.75. The Morgan fingerprint density at radius 2 is 1.82 bits per heavy atom. The maximum Gasteiger partial charge on any atom is 0.238 e. The minimum Gasteiger partial charge on any atom is -0.495 e. The van der Waals surface area contributed by atoms with Crippen LogP contribution in [0.5, 0.6) is 5.75 Å². The third-order valence-electron chi connectivity index (χ3n) is 6.48. The molecule has 2 aliphatic heterocycles. The SMILES string of the molecule is COc1ccc(C)cc1N1CC(C(=O)NC2CCN(CC(=O)Nc3ccccc3)CC2)CC1=O. The first-order valence-corrected chi connectivity index (χ1v) is 11.8. The predicted molar refractivity (Wildman–Crippen MR) is 131 cm³/mol. The third-order valence-corrected chi connectivity index (χ3v) is 6.48. The van der Waals surface area contributed by atoms with Crippen LogP contribution in [0.25, 0.3) is 0 Å². The molecular formula is C26H32N4O4. The molecule has 4 rings (SSSR count). The van der Waals surface area contributed by atoms with Crippen molar-refractivity contribution in [1.29, 1.82) is 0 Å². The molecule has 0 spiro atoms. The summed E-state index contributed by atoms with van der Waals surface area (Å²) in [5.74, 6) is 0.0620. The zero-order chi connectivity index (χ0) is 24.1. The number of carbonyl (C=O) groups is 3. The van der Waals surface area contributed by atoms with Gasteiger partial charge in [-0.25, -0.2) is 0 Å². The average molecular weight is 465 g/mol. The molecule has 0 aromatic heterocycles. The number of nitrogens with one attached hydrogen (secondary N) is 2. The summed E-state index contributed by atoms with van der Waals surface area (Å²) >= 11 is 0. The lowest BCUT2D eigenvalue weighted by Crippen LogP contribution is -2.48. The molecule has 2 fully saturated rings. The van der Waals surface area contributed by atoms with Gasteiger partial charge in [0.15, 0.2) is 0 Å². The highest BCUT2D eigenvalue weighted by atomic mass is 16.5. The molecule has 0 saturated carbocycles. The van der Waals surface area contributed by atoms with Crippen molar-refractivity contribution < 1.29 is 19.1 Å². The summed E-state index contributed by atoms with van der Waals surface area (Å²) in [5, 5.41) is 6.04. The second-order valence-electron chi connectivity index (χ2n) is 9.05. The smallest absolute Gasteiger partial charge is 0.238 e. The largest absolute Gasteiger partial charge is 0.495 e. The fourth-order valence-electron chi connectivity index (χ4n) is 4.61.